The summed E-state index contributed by atoms with van der Waals surface area (Å²) in [6.07, 6.45) is 1.34. The Balaban J connectivity index is 1.54. The summed E-state index contributed by atoms with van der Waals surface area (Å²) in [5.41, 5.74) is 6.88. The second-order valence-corrected chi connectivity index (χ2v) is 8.45. The van der Waals surface area contributed by atoms with Crippen LogP contribution in [0.5, 0.6) is 23.0 Å². The summed E-state index contributed by atoms with van der Waals surface area (Å²) < 4.78 is 11.7. The van der Waals surface area contributed by atoms with E-state index in [9.17, 15) is 19.8 Å². The van der Waals surface area contributed by atoms with Crippen LogP contribution in [0.2, 0.25) is 0 Å². The minimum absolute atomic E-state index is 0.0798. The molecule has 0 bridgehead atoms. The summed E-state index contributed by atoms with van der Waals surface area (Å²) in [6.45, 7) is 4.56. The van der Waals surface area contributed by atoms with Crippen molar-refractivity contribution in [3.05, 3.63) is 106 Å². The summed E-state index contributed by atoms with van der Waals surface area (Å²) in [7, 11) is 0. The molecule has 6 nitrogen and oxygen atoms in total. The first kappa shape index (κ1) is 24.5. The van der Waals surface area contributed by atoms with Crippen LogP contribution in [-0.4, -0.2) is 22.8 Å². The van der Waals surface area contributed by atoms with Crippen LogP contribution >= 0.6 is 0 Å². The molecule has 0 atom stereocenters. The highest BCUT2D eigenvalue weighted by Crippen LogP contribution is 2.33. The number of ether oxygens (including phenoxy) is 2. The maximum atomic E-state index is 10.9. The lowest BCUT2D eigenvalue weighted by Crippen LogP contribution is -2.02. The fraction of sp³-hybridized carbons (Fsp3) is 0.133. The van der Waals surface area contributed by atoms with Crippen LogP contribution in [0.4, 0.5) is 0 Å². The first-order valence-corrected chi connectivity index (χ1v) is 11.4. The summed E-state index contributed by atoms with van der Waals surface area (Å²) in [6, 6.07) is 21.1. The van der Waals surface area contributed by atoms with E-state index in [0.717, 1.165) is 33.4 Å². The molecule has 0 unspecified atom stereocenters. The largest absolute Gasteiger partial charge is 0.504 e. The van der Waals surface area contributed by atoms with E-state index in [-0.39, 0.29) is 24.7 Å². The normalized spacial score (nSPS) is 10.6. The maximum absolute atomic E-state index is 10.9. The van der Waals surface area contributed by atoms with Gasteiger partial charge in [0, 0.05) is 11.1 Å². The van der Waals surface area contributed by atoms with Gasteiger partial charge in [-0.2, -0.15) is 0 Å². The second-order valence-electron chi connectivity index (χ2n) is 8.45. The molecule has 0 aliphatic rings. The highest BCUT2D eigenvalue weighted by molar-refractivity contribution is 5.77. The van der Waals surface area contributed by atoms with E-state index in [0.29, 0.717) is 35.2 Å². The molecule has 0 aromatic heterocycles. The van der Waals surface area contributed by atoms with Crippen molar-refractivity contribution in [1.82, 2.24) is 0 Å². The number of carbonyl (C=O) groups excluding carboxylic acids is 2. The molecule has 0 aliphatic carbocycles. The summed E-state index contributed by atoms with van der Waals surface area (Å²) >= 11 is 0. The Bertz CT molecular complexity index is 1310. The molecular formula is C30H26O6. The van der Waals surface area contributed by atoms with E-state index in [1.165, 1.54) is 12.1 Å². The number of benzene rings is 4. The van der Waals surface area contributed by atoms with Crippen molar-refractivity contribution < 1.29 is 29.3 Å². The predicted octanol–water partition coefficient (Wildman–Crippen LogP) is 6.16. The van der Waals surface area contributed by atoms with Gasteiger partial charge in [-0.3, -0.25) is 9.59 Å². The highest BCUT2D eigenvalue weighted by atomic mass is 16.5. The Morgan fingerprint density at radius 3 is 1.42 bits per heavy atom. The third kappa shape index (κ3) is 5.23. The van der Waals surface area contributed by atoms with Gasteiger partial charge in [-0.25, -0.2) is 0 Å². The van der Waals surface area contributed by atoms with Crippen molar-refractivity contribution in [1.29, 1.82) is 0 Å². The van der Waals surface area contributed by atoms with Gasteiger partial charge in [0.1, 0.15) is 25.8 Å². The fourth-order valence-electron chi connectivity index (χ4n) is 4.03. The van der Waals surface area contributed by atoms with Gasteiger partial charge < -0.3 is 19.7 Å². The van der Waals surface area contributed by atoms with Gasteiger partial charge in [-0.15, -0.1) is 0 Å². The van der Waals surface area contributed by atoms with E-state index in [2.05, 4.69) is 0 Å². The zero-order chi connectivity index (χ0) is 25.7. The van der Waals surface area contributed by atoms with Crippen molar-refractivity contribution in [3.8, 4) is 34.1 Å². The Morgan fingerprint density at radius 2 is 1.06 bits per heavy atom. The van der Waals surface area contributed by atoms with Gasteiger partial charge in [-0.1, -0.05) is 36.4 Å². The molecule has 0 spiro atoms. The molecule has 182 valence electrons. The van der Waals surface area contributed by atoms with Crippen molar-refractivity contribution in [2.75, 3.05) is 0 Å². The van der Waals surface area contributed by atoms with Crippen molar-refractivity contribution in [2.45, 2.75) is 27.1 Å². The molecule has 0 radical (unpaired) electrons. The monoisotopic (exact) mass is 482 g/mol. The Kier molecular flexibility index (Phi) is 7.35. The first-order chi connectivity index (χ1) is 17.4. The number of carbonyl (C=O) groups is 2. The zero-order valence-corrected chi connectivity index (χ0v) is 20.0. The molecule has 6 heteroatoms. The number of rotatable bonds is 9. The smallest absolute Gasteiger partial charge is 0.161 e. The van der Waals surface area contributed by atoms with Crippen molar-refractivity contribution in [2.24, 2.45) is 0 Å². The maximum Gasteiger partial charge on any atom is 0.161 e. The molecule has 0 amide bonds. The SMILES string of the molecule is Cc1c(COc2ccc(C=O)cc2O)cccc1-c1cccc(COc2ccc(C=O)cc2O)c1C. The molecule has 2 N–H and O–H groups in total. The third-order valence-electron chi connectivity index (χ3n) is 6.19. The lowest BCUT2D eigenvalue weighted by molar-refractivity contribution is 0.111. The van der Waals surface area contributed by atoms with E-state index in [1.807, 2.05) is 50.2 Å². The highest BCUT2D eigenvalue weighted by Gasteiger charge is 2.13. The Hall–Kier alpha value is -4.58. The molecule has 0 saturated carbocycles. The van der Waals surface area contributed by atoms with Gasteiger partial charge in [0.05, 0.1) is 0 Å². The zero-order valence-electron chi connectivity index (χ0n) is 20.0. The topological polar surface area (TPSA) is 93.1 Å². The predicted molar refractivity (Wildman–Crippen MR) is 137 cm³/mol. The van der Waals surface area contributed by atoms with Crippen molar-refractivity contribution >= 4 is 12.6 Å². The number of hydrogen-bond acceptors (Lipinski definition) is 6. The van der Waals surface area contributed by atoms with Crippen LogP contribution in [-0.2, 0) is 13.2 Å². The molecule has 36 heavy (non-hydrogen) atoms. The third-order valence-corrected chi connectivity index (χ3v) is 6.19. The lowest BCUT2D eigenvalue weighted by atomic mass is 9.92. The number of phenols is 2. The molecule has 0 heterocycles. The second kappa shape index (κ2) is 10.8. The van der Waals surface area contributed by atoms with E-state index in [1.54, 1.807) is 24.3 Å². The van der Waals surface area contributed by atoms with Gasteiger partial charge in [0.15, 0.2) is 23.0 Å². The molecule has 0 aliphatic heterocycles. The lowest BCUT2D eigenvalue weighted by Gasteiger charge is -2.17. The number of aromatic hydroxyl groups is 2. The Labute approximate surface area is 209 Å². The minimum atomic E-state index is -0.0798. The van der Waals surface area contributed by atoms with Crippen LogP contribution in [0.3, 0.4) is 0 Å². The quantitative estimate of drug-likeness (QED) is 0.277. The molecule has 0 saturated heterocycles. The van der Waals surface area contributed by atoms with E-state index in [4.69, 9.17) is 9.47 Å². The van der Waals surface area contributed by atoms with Crippen LogP contribution in [0.25, 0.3) is 11.1 Å². The molecule has 0 fully saturated rings. The van der Waals surface area contributed by atoms with Gasteiger partial charge in [0.2, 0.25) is 0 Å². The van der Waals surface area contributed by atoms with Crippen LogP contribution in [0.15, 0.2) is 72.8 Å². The van der Waals surface area contributed by atoms with Gasteiger partial charge >= 0.3 is 0 Å². The fourth-order valence-corrected chi connectivity index (χ4v) is 4.03. The summed E-state index contributed by atoms with van der Waals surface area (Å²) in [4.78, 5) is 21.8. The molecule has 4 aromatic carbocycles. The number of hydrogen-bond donors (Lipinski definition) is 2. The summed E-state index contributed by atoms with van der Waals surface area (Å²) in [5, 5.41) is 20.2. The molecular weight excluding hydrogens is 456 g/mol. The number of aldehydes is 2. The average molecular weight is 483 g/mol. The van der Waals surface area contributed by atoms with E-state index >= 15 is 0 Å². The van der Waals surface area contributed by atoms with Crippen LogP contribution < -0.4 is 9.47 Å². The van der Waals surface area contributed by atoms with Gasteiger partial charge in [-0.05, 0) is 83.6 Å². The van der Waals surface area contributed by atoms with Crippen LogP contribution in [0.1, 0.15) is 43.0 Å². The summed E-state index contributed by atoms with van der Waals surface area (Å²) in [5.74, 6) is 0.461. The standard InChI is InChI=1S/C30H26O6/c1-19-23(17-35-29-11-9-21(15-31)13-27(29)33)5-3-7-25(19)26-8-4-6-24(20(26)2)18-36-30-12-10-22(16-32)14-28(30)34/h3-16,33-34H,17-18H2,1-2H3. The minimum Gasteiger partial charge on any atom is -0.504 e. The average Bonchev–Trinajstić information content (AvgIpc) is 2.88. The first-order valence-electron chi connectivity index (χ1n) is 11.4. The van der Waals surface area contributed by atoms with E-state index < -0.39 is 0 Å². The molecule has 4 rings (SSSR count). The van der Waals surface area contributed by atoms with Crippen molar-refractivity contribution in [3.63, 3.8) is 0 Å². The van der Waals surface area contributed by atoms with Gasteiger partial charge in [0.25, 0.3) is 0 Å². The van der Waals surface area contributed by atoms with Crippen LogP contribution in [0, 0.1) is 13.8 Å². The number of phenolic OH excluding ortho intramolecular Hbond substituents is 2. The Morgan fingerprint density at radius 1 is 0.639 bits per heavy atom. The molecule has 4 aromatic rings.